The summed E-state index contributed by atoms with van der Waals surface area (Å²) in [5, 5.41) is 22.8. The highest BCUT2D eigenvalue weighted by atomic mass is 35.5. The minimum absolute atomic E-state index is 0.165. The summed E-state index contributed by atoms with van der Waals surface area (Å²) in [5.41, 5.74) is 1.76. The molecule has 42 heavy (non-hydrogen) atoms. The monoisotopic (exact) mass is 614 g/mol. The van der Waals surface area contributed by atoms with E-state index in [9.17, 15) is 27.9 Å². The Morgan fingerprint density at radius 1 is 0.929 bits per heavy atom. The molecule has 3 aromatic carbocycles. The number of benzene rings is 3. The molecule has 10 nitrogen and oxygen atoms in total. The molecular weight excluding hydrogens is 584 g/mol. The number of amides is 1. The Morgan fingerprint density at radius 3 is 2.29 bits per heavy atom. The van der Waals surface area contributed by atoms with Gasteiger partial charge in [0.2, 0.25) is 15.9 Å². The maximum atomic E-state index is 13.2. The second kappa shape index (κ2) is 15.7. The van der Waals surface area contributed by atoms with Gasteiger partial charge in [0.25, 0.3) is 0 Å². The van der Waals surface area contributed by atoms with E-state index >= 15 is 0 Å². The number of hydrogen-bond donors (Lipinski definition) is 4. The second-order valence-corrected chi connectivity index (χ2v) is 11.4. The summed E-state index contributed by atoms with van der Waals surface area (Å²) in [7, 11) is -4.08. The first-order chi connectivity index (χ1) is 20.0. The van der Waals surface area contributed by atoms with Crippen LogP contribution in [0.4, 0.5) is 0 Å². The first kappa shape index (κ1) is 32.3. The number of carbonyl (C=O) groups excluding carboxylic acids is 1. The van der Waals surface area contributed by atoms with Gasteiger partial charge in [0.05, 0.1) is 0 Å². The highest BCUT2D eigenvalue weighted by Crippen LogP contribution is 2.22. The molecule has 0 aliphatic carbocycles. The zero-order chi connectivity index (χ0) is 30.5. The van der Waals surface area contributed by atoms with Crippen LogP contribution in [0.5, 0.6) is 5.75 Å². The lowest BCUT2D eigenvalue weighted by atomic mass is 10.0. The van der Waals surface area contributed by atoms with Gasteiger partial charge in [0.1, 0.15) is 17.4 Å². The minimum atomic E-state index is -4.08. The summed E-state index contributed by atoms with van der Waals surface area (Å²) in [6, 6.07) is 18.9. The Morgan fingerprint density at radius 2 is 1.62 bits per heavy atom. The number of aliphatic carboxylic acids is 1. The van der Waals surface area contributed by atoms with Crippen molar-refractivity contribution in [1.82, 2.24) is 10.0 Å². The maximum absolute atomic E-state index is 13.2. The first-order valence-electron chi connectivity index (χ1n) is 13.0. The highest BCUT2D eigenvalue weighted by Gasteiger charge is 2.24. The molecule has 0 aromatic heterocycles. The molecule has 0 unspecified atom stereocenters. The van der Waals surface area contributed by atoms with Crippen molar-refractivity contribution in [1.29, 1.82) is 0 Å². The summed E-state index contributed by atoms with van der Waals surface area (Å²) in [6.45, 7) is -0.441. The smallest absolute Gasteiger partial charge is 0.341 e. The summed E-state index contributed by atoms with van der Waals surface area (Å²) in [5.74, 6) is -3.40. The number of nitrogens with one attached hydrogen (secondary N) is 2. The van der Waals surface area contributed by atoms with E-state index in [-0.39, 0.29) is 17.7 Å². The zero-order valence-corrected chi connectivity index (χ0v) is 24.1. The van der Waals surface area contributed by atoms with Crippen LogP contribution in [0, 0.1) is 0 Å². The largest absolute Gasteiger partial charge is 0.481 e. The van der Waals surface area contributed by atoms with Crippen LogP contribution in [0.2, 0.25) is 5.02 Å². The minimum Gasteiger partial charge on any atom is -0.481 e. The van der Waals surface area contributed by atoms with Gasteiger partial charge in [-0.2, -0.15) is 4.72 Å². The van der Waals surface area contributed by atoms with Crippen molar-refractivity contribution in [2.75, 3.05) is 13.2 Å². The lowest BCUT2D eigenvalue weighted by Gasteiger charge is -2.18. The van der Waals surface area contributed by atoms with E-state index in [1.807, 2.05) is 24.3 Å². The Bertz CT molecular complexity index is 1510. The van der Waals surface area contributed by atoms with E-state index in [2.05, 4.69) is 10.0 Å². The number of carboxylic acids is 2. The molecular formula is C30H31ClN2O8S. The maximum Gasteiger partial charge on any atom is 0.341 e. The van der Waals surface area contributed by atoms with Crippen molar-refractivity contribution < 1.29 is 37.8 Å². The van der Waals surface area contributed by atoms with Crippen LogP contribution in [0.3, 0.4) is 0 Å². The normalized spacial score (nSPS) is 12.1. The average Bonchev–Trinajstić information content (AvgIpc) is 2.96. The molecule has 0 radical (unpaired) electrons. The molecule has 0 aliphatic rings. The Labute approximate surface area is 249 Å². The number of ether oxygens (including phenoxy) is 1. The van der Waals surface area contributed by atoms with Crippen molar-refractivity contribution in [2.24, 2.45) is 0 Å². The predicted octanol–water partition coefficient (Wildman–Crippen LogP) is 4.14. The molecule has 222 valence electrons. The molecule has 3 aromatic rings. The molecule has 1 amide bonds. The van der Waals surface area contributed by atoms with Crippen LogP contribution in [0.15, 0.2) is 78.2 Å². The molecule has 12 heteroatoms. The number of aryl methyl sites for hydroxylation is 1. The molecule has 0 saturated carbocycles. The fourth-order valence-corrected chi connectivity index (χ4v) is 5.10. The summed E-state index contributed by atoms with van der Waals surface area (Å²) >= 11 is 5.91. The predicted molar refractivity (Wildman–Crippen MR) is 159 cm³/mol. The van der Waals surface area contributed by atoms with Gasteiger partial charge in [-0.3, -0.25) is 4.79 Å². The van der Waals surface area contributed by atoms with Gasteiger partial charge in [-0.1, -0.05) is 60.1 Å². The van der Waals surface area contributed by atoms with Gasteiger partial charge in [-0.05, 0) is 72.7 Å². The van der Waals surface area contributed by atoms with Gasteiger partial charge in [0, 0.05) is 17.0 Å². The third kappa shape index (κ3) is 11.0. The highest BCUT2D eigenvalue weighted by molar-refractivity contribution is 7.92. The van der Waals surface area contributed by atoms with Crippen LogP contribution in [0.25, 0.3) is 6.08 Å². The number of rotatable bonds is 16. The lowest BCUT2D eigenvalue weighted by Crippen LogP contribution is -2.47. The second-order valence-electron chi connectivity index (χ2n) is 9.33. The number of sulfonamides is 1. The van der Waals surface area contributed by atoms with Crippen molar-refractivity contribution >= 4 is 45.5 Å². The van der Waals surface area contributed by atoms with Crippen LogP contribution in [-0.2, 0) is 32.5 Å². The van der Waals surface area contributed by atoms with Crippen LogP contribution < -0.4 is 14.8 Å². The average molecular weight is 615 g/mol. The standard InChI is InChI=1S/C30H31ClN2O8S/c31-24-12-9-22(10-13-24)8-4-5-16-32-29(36)26(33-42(39,40)17-15-21-6-2-1-3-7-21)19-23-11-14-27(41-20-28(34)35)25(18-23)30(37)38/h1-3,6-7,9-15,17-18,26,33H,4-5,8,16,19-20H2,(H,32,36)(H,34,35)(H,37,38)/t26-/m0/s1. The lowest BCUT2D eigenvalue weighted by molar-refractivity contribution is -0.139. The van der Waals surface area contributed by atoms with E-state index in [0.29, 0.717) is 29.1 Å². The van der Waals surface area contributed by atoms with Crippen LogP contribution >= 0.6 is 11.6 Å². The topological polar surface area (TPSA) is 159 Å². The summed E-state index contributed by atoms with van der Waals surface area (Å²) in [4.78, 5) is 35.8. The molecule has 1 atom stereocenters. The number of aromatic carboxylic acids is 1. The number of carboxylic acid groups (broad SMARTS) is 2. The van der Waals surface area contributed by atoms with E-state index in [0.717, 1.165) is 23.8 Å². The molecule has 0 aliphatic heterocycles. The van der Waals surface area contributed by atoms with Crippen LogP contribution in [0.1, 0.15) is 39.9 Å². The SMILES string of the molecule is O=C(O)COc1ccc(C[C@H](NS(=O)(=O)C=Cc2ccccc2)C(=O)NCCCCc2ccc(Cl)cc2)cc1C(=O)O. The van der Waals surface area contributed by atoms with Gasteiger partial charge < -0.3 is 20.3 Å². The van der Waals surface area contributed by atoms with Crippen molar-refractivity contribution in [3.8, 4) is 5.75 Å². The van der Waals surface area contributed by atoms with Crippen molar-refractivity contribution in [3.05, 3.63) is 105 Å². The van der Waals surface area contributed by atoms with Gasteiger partial charge >= 0.3 is 11.9 Å². The fourth-order valence-electron chi connectivity index (χ4n) is 3.97. The molecule has 3 rings (SSSR count). The quantitative estimate of drug-likeness (QED) is 0.175. The fraction of sp³-hybridized carbons (Fsp3) is 0.233. The number of unbranched alkanes of at least 4 members (excludes halogenated alkanes) is 1. The molecule has 0 bridgehead atoms. The molecule has 4 N–H and O–H groups in total. The molecule has 0 spiro atoms. The van der Waals surface area contributed by atoms with Gasteiger partial charge in [-0.15, -0.1) is 0 Å². The van der Waals surface area contributed by atoms with Crippen molar-refractivity contribution in [2.45, 2.75) is 31.7 Å². The summed E-state index contributed by atoms with van der Waals surface area (Å²) < 4.78 is 33.2. The third-order valence-electron chi connectivity index (χ3n) is 6.03. The van der Waals surface area contributed by atoms with Gasteiger partial charge in [0.15, 0.2) is 6.61 Å². The Kier molecular flexibility index (Phi) is 12.1. The Hall–Kier alpha value is -4.19. The van der Waals surface area contributed by atoms with Crippen molar-refractivity contribution in [3.63, 3.8) is 0 Å². The molecule has 0 heterocycles. The van der Waals surface area contributed by atoms with Crippen LogP contribution in [-0.4, -0.2) is 55.7 Å². The molecule has 0 fully saturated rings. The van der Waals surface area contributed by atoms with Gasteiger partial charge in [-0.25, -0.2) is 18.0 Å². The zero-order valence-electron chi connectivity index (χ0n) is 22.5. The number of halogens is 1. The summed E-state index contributed by atoms with van der Waals surface area (Å²) in [6.07, 6.45) is 3.42. The van der Waals surface area contributed by atoms with E-state index < -0.39 is 40.5 Å². The van der Waals surface area contributed by atoms with E-state index in [1.54, 1.807) is 30.3 Å². The number of carbonyl (C=O) groups is 3. The molecule has 0 saturated heterocycles. The first-order valence-corrected chi connectivity index (χ1v) is 14.9. The number of hydrogen-bond acceptors (Lipinski definition) is 6. The van der Waals surface area contributed by atoms with E-state index in [4.69, 9.17) is 21.4 Å². The Balaban J connectivity index is 1.72. The van der Waals surface area contributed by atoms with E-state index in [1.165, 1.54) is 24.3 Å². The third-order valence-corrected chi connectivity index (χ3v) is 7.39.